The number of aromatic carboxylic acids is 1. The molecule has 0 spiro atoms. The van der Waals surface area contributed by atoms with Gasteiger partial charge in [0.2, 0.25) is 5.91 Å². The summed E-state index contributed by atoms with van der Waals surface area (Å²) < 4.78 is 0. The van der Waals surface area contributed by atoms with Gasteiger partial charge in [-0.3, -0.25) is 9.59 Å². The first-order chi connectivity index (χ1) is 12.7. The van der Waals surface area contributed by atoms with Gasteiger partial charge in [-0.05, 0) is 35.9 Å². The van der Waals surface area contributed by atoms with Crippen LogP contribution in [0.4, 0.5) is 5.69 Å². The van der Waals surface area contributed by atoms with E-state index in [0.717, 1.165) is 5.56 Å². The Morgan fingerprint density at radius 1 is 1.11 bits per heavy atom. The monoisotopic (exact) mass is 388 g/mol. The molecular weight excluding hydrogens is 368 g/mol. The maximum Gasteiger partial charge on any atom is 0.337 e. The molecule has 6 nitrogen and oxygen atoms in total. The van der Waals surface area contributed by atoms with E-state index in [1.165, 1.54) is 18.2 Å². The van der Waals surface area contributed by atoms with Crippen molar-refractivity contribution in [1.29, 1.82) is 0 Å². The number of carbonyl (C=O) groups excluding carboxylic acids is 2. The zero-order chi connectivity index (χ0) is 20.1. The topological polar surface area (TPSA) is 86.7 Å². The molecule has 2 aromatic carbocycles. The van der Waals surface area contributed by atoms with E-state index in [1.54, 1.807) is 36.2 Å². The summed E-state index contributed by atoms with van der Waals surface area (Å²) in [7, 11) is 1.74. The average Bonchev–Trinajstić information content (AvgIpc) is 2.61. The molecule has 0 aromatic heterocycles. The van der Waals surface area contributed by atoms with Gasteiger partial charge in [-0.25, -0.2) is 4.79 Å². The molecule has 0 radical (unpaired) electrons. The molecule has 0 heterocycles. The molecule has 0 atom stereocenters. The minimum atomic E-state index is -1.13. The molecule has 0 aliphatic heterocycles. The number of hydrogen-bond donors (Lipinski definition) is 2. The van der Waals surface area contributed by atoms with Crippen molar-refractivity contribution < 1.29 is 19.5 Å². The van der Waals surface area contributed by atoms with Crippen LogP contribution in [-0.4, -0.2) is 34.8 Å². The number of halogens is 1. The van der Waals surface area contributed by atoms with Crippen LogP contribution in [0.3, 0.4) is 0 Å². The Morgan fingerprint density at radius 2 is 1.74 bits per heavy atom. The Bertz CT molecular complexity index is 863. The van der Waals surface area contributed by atoms with Crippen molar-refractivity contribution in [3.05, 3.63) is 64.2 Å². The molecule has 2 amide bonds. The molecule has 0 bridgehead atoms. The summed E-state index contributed by atoms with van der Waals surface area (Å²) in [6.07, 6.45) is 0. The molecule has 27 heavy (non-hydrogen) atoms. The van der Waals surface area contributed by atoms with E-state index in [2.05, 4.69) is 5.32 Å². The van der Waals surface area contributed by atoms with Crippen LogP contribution in [-0.2, 0) is 11.3 Å². The molecule has 2 rings (SSSR count). The Balaban J connectivity index is 2.04. The van der Waals surface area contributed by atoms with Gasteiger partial charge in [0.1, 0.15) is 0 Å². The fourth-order valence-corrected chi connectivity index (χ4v) is 2.79. The zero-order valence-corrected chi connectivity index (χ0v) is 16.1. The van der Waals surface area contributed by atoms with Gasteiger partial charge in [0.15, 0.2) is 0 Å². The molecule has 142 valence electrons. The third kappa shape index (κ3) is 5.31. The molecule has 2 aromatic rings. The van der Waals surface area contributed by atoms with Crippen LogP contribution in [0.5, 0.6) is 0 Å². The Kier molecular flexibility index (Phi) is 6.58. The lowest BCUT2D eigenvalue weighted by Crippen LogP contribution is -2.29. The van der Waals surface area contributed by atoms with Crippen LogP contribution >= 0.6 is 11.6 Å². The van der Waals surface area contributed by atoms with Crippen molar-refractivity contribution in [2.75, 3.05) is 12.4 Å². The standard InChI is InChI=1S/C20H21ClN2O4/c1-12(2)19(25)23(3)11-13-4-6-14(7-5-13)18(24)22-15-8-9-16(20(26)27)17(21)10-15/h4-10,12H,11H2,1-3H3,(H,22,24)(H,26,27). The number of carboxylic acids is 1. The molecule has 0 aliphatic rings. The summed E-state index contributed by atoms with van der Waals surface area (Å²) in [6.45, 7) is 4.16. The van der Waals surface area contributed by atoms with Gasteiger partial charge < -0.3 is 15.3 Å². The highest BCUT2D eigenvalue weighted by Gasteiger charge is 2.14. The van der Waals surface area contributed by atoms with Crippen LogP contribution in [0.1, 0.15) is 40.1 Å². The minimum Gasteiger partial charge on any atom is -0.478 e. The number of nitrogens with zero attached hydrogens (tertiary/aromatic N) is 1. The summed E-state index contributed by atoms with van der Waals surface area (Å²) in [5.74, 6) is -1.49. The molecule has 0 aliphatic carbocycles. The largest absolute Gasteiger partial charge is 0.478 e. The fraction of sp³-hybridized carbons (Fsp3) is 0.250. The third-order valence-electron chi connectivity index (χ3n) is 3.96. The van der Waals surface area contributed by atoms with Crippen molar-refractivity contribution in [3.63, 3.8) is 0 Å². The first-order valence-corrected chi connectivity index (χ1v) is 8.75. The first-order valence-electron chi connectivity index (χ1n) is 8.37. The van der Waals surface area contributed by atoms with Crippen molar-refractivity contribution >= 4 is 35.1 Å². The predicted molar refractivity (Wildman–Crippen MR) is 104 cm³/mol. The third-order valence-corrected chi connectivity index (χ3v) is 4.28. The summed E-state index contributed by atoms with van der Waals surface area (Å²) in [5, 5.41) is 11.7. The van der Waals surface area contributed by atoms with E-state index in [4.69, 9.17) is 16.7 Å². The first kappa shape index (κ1) is 20.5. The molecular formula is C20H21ClN2O4. The summed E-state index contributed by atoms with van der Waals surface area (Å²) >= 11 is 5.91. The molecule has 0 fully saturated rings. The number of carboxylic acid groups (broad SMARTS) is 1. The molecule has 0 saturated carbocycles. The van der Waals surface area contributed by atoms with Crippen molar-refractivity contribution in [3.8, 4) is 0 Å². The summed E-state index contributed by atoms with van der Waals surface area (Å²) in [4.78, 5) is 36.9. The van der Waals surface area contributed by atoms with Crippen LogP contribution in [0, 0.1) is 5.92 Å². The second kappa shape index (κ2) is 8.68. The lowest BCUT2D eigenvalue weighted by molar-refractivity contribution is -0.133. The quantitative estimate of drug-likeness (QED) is 0.785. The number of rotatable bonds is 6. The van der Waals surface area contributed by atoms with E-state index >= 15 is 0 Å². The smallest absolute Gasteiger partial charge is 0.337 e. The molecule has 7 heteroatoms. The van der Waals surface area contributed by atoms with Crippen molar-refractivity contribution in [2.24, 2.45) is 5.92 Å². The highest BCUT2D eigenvalue weighted by atomic mass is 35.5. The van der Waals surface area contributed by atoms with E-state index < -0.39 is 5.97 Å². The van der Waals surface area contributed by atoms with Crippen LogP contribution in [0.2, 0.25) is 5.02 Å². The summed E-state index contributed by atoms with van der Waals surface area (Å²) in [6, 6.07) is 11.1. The lowest BCUT2D eigenvalue weighted by Gasteiger charge is -2.19. The Hall–Kier alpha value is -2.86. The highest BCUT2D eigenvalue weighted by molar-refractivity contribution is 6.33. The number of amides is 2. The van der Waals surface area contributed by atoms with Crippen LogP contribution < -0.4 is 5.32 Å². The van der Waals surface area contributed by atoms with Crippen molar-refractivity contribution in [2.45, 2.75) is 20.4 Å². The van der Waals surface area contributed by atoms with Gasteiger partial charge in [0.25, 0.3) is 5.91 Å². The predicted octanol–water partition coefficient (Wildman–Crippen LogP) is 3.90. The zero-order valence-electron chi connectivity index (χ0n) is 15.3. The van der Waals surface area contributed by atoms with E-state index in [9.17, 15) is 14.4 Å². The second-order valence-electron chi connectivity index (χ2n) is 6.50. The van der Waals surface area contributed by atoms with Gasteiger partial charge in [-0.15, -0.1) is 0 Å². The Labute approximate surface area is 162 Å². The highest BCUT2D eigenvalue weighted by Crippen LogP contribution is 2.21. The van der Waals surface area contributed by atoms with Crippen molar-refractivity contribution in [1.82, 2.24) is 4.90 Å². The number of benzene rings is 2. The van der Waals surface area contributed by atoms with Gasteiger partial charge in [-0.1, -0.05) is 37.6 Å². The van der Waals surface area contributed by atoms with E-state index in [-0.39, 0.29) is 28.3 Å². The molecule has 2 N–H and O–H groups in total. The maximum absolute atomic E-state index is 12.3. The van der Waals surface area contributed by atoms with E-state index in [1.807, 2.05) is 13.8 Å². The van der Waals surface area contributed by atoms with Gasteiger partial charge in [0, 0.05) is 30.8 Å². The maximum atomic E-state index is 12.3. The number of hydrogen-bond acceptors (Lipinski definition) is 3. The second-order valence-corrected chi connectivity index (χ2v) is 6.91. The lowest BCUT2D eigenvalue weighted by atomic mass is 10.1. The number of nitrogens with one attached hydrogen (secondary N) is 1. The summed E-state index contributed by atoms with van der Waals surface area (Å²) in [5.41, 5.74) is 1.73. The molecule has 0 saturated heterocycles. The van der Waals surface area contributed by atoms with Gasteiger partial charge in [0.05, 0.1) is 10.6 Å². The number of anilines is 1. The minimum absolute atomic E-state index is 0.0286. The number of carbonyl (C=O) groups is 3. The Morgan fingerprint density at radius 3 is 2.26 bits per heavy atom. The van der Waals surface area contributed by atoms with Gasteiger partial charge >= 0.3 is 5.97 Å². The normalized spacial score (nSPS) is 10.6. The van der Waals surface area contributed by atoms with E-state index in [0.29, 0.717) is 17.8 Å². The SMILES string of the molecule is CC(C)C(=O)N(C)Cc1ccc(C(=O)Nc2ccc(C(=O)O)c(Cl)c2)cc1. The van der Waals surface area contributed by atoms with Crippen LogP contribution in [0.15, 0.2) is 42.5 Å². The van der Waals surface area contributed by atoms with Gasteiger partial charge in [-0.2, -0.15) is 0 Å². The van der Waals surface area contributed by atoms with Crippen LogP contribution in [0.25, 0.3) is 0 Å². The molecule has 0 unspecified atom stereocenters. The fourth-order valence-electron chi connectivity index (χ4n) is 2.52. The average molecular weight is 389 g/mol.